The molecule has 1 saturated heterocycles. The Morgan fingerprint density at radius 1 is 0.710 bits per heavy atom. The molecule has 1 fully saturated rings. The van der Waals surface area contributed by atoms with E-state index < -0.39 is 20.5 Å². The molecule has 7 rings (SSSR count). The molecule has 1 unspecified atom stereocenters. The number of imide groups is 1. The second-order valence-electron chi connectivity index (χ2n) is 8.77. The van der Waals surface area contributed by atoms with Crippen LogP contribution >= 0.6 is 31.9 Å². The lowest BCUT2D eigenvalue weighted by Crippen LogP contribution is -2.56. The molecule has 0 radical (unpaired) electrons. The molecule has 0 aromatic heterocycles. The summed E-state index contributed by atoms with van der Waals surface area (Å²) in [5.74, 6) is -1.37. The van der Waals surface area contributed by atoms with Crippen molar-refractivity contribution >= 4 is 49.4 Å². The molecule has 1 heterocycles. The number of hydrogen-bond acceptors (Lipinski definition) is 2. The minimum absolute atomic E-state index is 0.147. The van der Waals surface area contributed by atoms with Crippen molar-refractivity contribution in [1.82, 2.24) is 0 Å². The molecule has 5 heteroatoms. The Labute approximate surface area is 197 Å². The highest BCUT2D eigenvalue weighted by Gasteiger charge is 2.72. The van der Waals surface area contributed by atoms with Gasteiger partial charge in [0.15, 0.2) is 0 Å². The van der Waals surface area contributed by atoms with Crippen LogP contribution in [-0.4, -0.2) is 11.8 Å². The molecule has 2 bridgehead atoms. The van der Waals surface area contributed by atoms with Crippen molar-refractivity contribution in [2.24, 2.45) is 11.8 Å². The van der Waals surface area contributed by atoms with Crippen LogP contribution in [0.5, 0.6) is 0 Å². The molecule has 2 atom stereocenters. The standard InChI is InChI=1S/C26H19Br2NO2/c1-14-11-12-20(15(2)13-14)29-23(30)21-22(24(29)31)26(28)17-8-4-3-7-16(17)25(21,27)18-9-5-6-10-19(18)26/h3-13,21-22H,1-2H3/t21-,22?,25?,26?/m0/s1. The molecule has 154 valence electrons. The summed E-state index contributed by atoms with van der Waals surface area (Å²) in [4.78, 5) is 29.4. The van der Waals surface area contributed by atoms with Gasteiger partial charge in [0.1, 0.15) is 0 Å². The third-order valence-corrected chi connectivity index (χ3v) is 9.87. The summed E-state index contributed by atoms with van der Waals surface area (Å²) < 4.78 is -1.50. The van der Waals surface area contributed by atoms with E-state index in [1.54, 1.807) is 0 Å². The van der Waals surface area contributed by atoms with Crippen LogP contribution in [0.2, 0.25) is 0 Å². The third-order valence-electron chi connectivity index (χ3n) is 7.18. The molecule has 0 saturated carbocycles. The molecule has 2 amide bonds. The molecule has 31 heavy (non-hydrogen) atoms. The van der Waals surface area contributed by atoms with E-state index >= 15 is 0 Å². The van der Waals surface area contributed by atoms with Gasteiger partial charge in [-0.1, -0.05) is 98.1 Å². The minimum Gasteiger partial charge on any atom is -0.274 e. The third kappa shape index (κ3) is 2.14. The van der Waals surface area contributed by atoms with Crippen LogP contribution in [0.25, 0.3) is 0 Å². The van der Waals surface area contributed by atoms with E-state index in [0.29, 0.717) is 5.69 Å². The van der Waals surface area contributed by atoms with E-state index in [9.17, 15) is 9.59 Å². The molecular formula is C26H19Br2NO2. The fraction of sp³-hybridized carbons (Fsp3) is 0.231. The molecule has 0 N–H and O–H groups in total. The lowest BCUT2D eigenvalue weighted by atomic mass is 9.54. The Morgan fingerprint density at radius 3 is 1.52 bits per heavy atom. The average molecular weight is 537 g/mol. The Bertz CT molecular complexity index is 1190. The van der Waals surface area contributed by atoms with Gasteiger partial charge in [-0.15, -0.1) is 0 Å². The smallest absolute Gasteiger partial charge is 0.239 e. The van der Waals surface area contributed by atoms with Gasteiger partial charge in [-0.3, -0.25) is 9.59 Å². The molecule has 1 aliphatic heterocycles. The molecule has 0 spiro atoms. The lowest BCUT2D eigenvalue weighted by Gasteiger charge is -2.55. The van der Waals surface area contributed by atoms with Crippen LogP contribution in [0.1, 0.15) is 33.4 Å². The van der Waals surface area contributed by atoms with Gasteiger partial charge in [0.2, 0.25) is 11.8 Å². The van der Waals surface area contributed by atoms with Crippen LogP contribution < -0.4 is 4.90 Å². The maximum atomic E-state index is 14.0. The lowest BCUT2D eigenvalue weighted by molar-refractivity contribution is -0.122. The summed E-state index contributed by atoms with van der Waals surface area (Å²) in [5, 5.41) is 0. The van der Waals surface area contributed by atoms with Crippen molar-refractivity contribution in [1.29, 1.82) is 0 Å². The van der Waals surface area contributed by atoms with Crippen molar-refractivity contribution < 1.29 is 9.59 Å². The van der Waals surface area contributed by atoms with E-state index in [1.807, 2.05) is 56.3 Å². The van der Waals surface area contributed by atoms with E-state index in [2.05, 4.69) is 56.1 Å². The van der Waals surface area contributed by atoms with E-state index in [-0.39, 0.29) is 11.8 Å². The molecule has 4 aliphatic rings. The van der Waals surface area contributed by atoms with E-state index in [0.717, 1.165) is 33.4 Å². The first kappa shape index (κ1) is 19.4. The van der Waals surface area contributed by atoms with E-state index in [1.165, 1.54) is 4.90 Å². The van der Waals surface area contributed by atoms with Crippen molar-refractivity contribution in [2.45, 2.75) is 22.5 Å². The highest BCUT2D eigenvalue weighted by molar-refractivity contribution is 9.10. The monoisotopic (exact) mass is 535 g/mol. The SMILES string of the molecule is Cc1ccc(N2C(=O)C3[C@@H](C2=O)C2(Br)c4ccccc4C3(Br)c3ccccc32)c(C)c1. The number of carbonyl (C=O) groups excluding carboxylic acids is 2. The second-order valence-corrected chi connectivity index (χ2v) is 11.3. The number of aryl methyl sites for hydroxylation is 2. The van der Waals surface area contributed by atoms with Crippen LogP contribution in [0, 0.1) is 25.7 Å². The average Bonchev–Trinajstić information content (AvgIpc) is 3.04. The van der Waals surface area contributed by atoms with Gasteiger partial charge in [-0.2, -0.15) is 0 Å². The van der Waals surface area contributed by atoms with Gasteiger partial charge in [0.05, 0.1) is 26.2 Å². The summed E-state index contributed by atoms with van der Waals surface area (Å²) in [6, 6.07) is 22.2. The quantitative estimate of drug-likeness (QED) is 0.295. The fourth-order valence-corrected chi connectivity index (χ4v) is 8.26. The number of alkyl halides is 2. The first-order valence-electron chi connectivity index (χ1n) is 10.3. The number of rotatable bonds is 1. The zero-order chi connectivity index (χ0) is 21.7. The van der Waals surface area contributed by atoms with Gasteiger partial charge in [-0.05, 0) is 47.7 Å². The number of amides is 2. The zero-order valence-electron chi connectivity index (χ0n) is 17.0. The number of anilines is 1. The summed E-state index contributed by atoms with van der Waals surface area (Å²) in [6.07, 6.45) is 0. The van der Waals surface area contributed by atoms with Crippen molar-refractivity contribution in [3.63, 3.8) is 0 Å². The van der Waals surface area contributed by atoms with Gasteiger partial charge in [-0.25, -0.2) is 4.90 Å². The van der Waals surface area contributed by atoms with Gasteiger partial charge in [0, 0.05) is 0 Å². The molecule has 3 aliphatic carbocycles. The maximum absolute atomic E-state index is 14.0. The van der Waals surface area contributed by atoms with Crippen molar-refractivity contribution in [3.05, 3.63) is 100 Å². The predicted octanol–water partition coefficient (Wildman–Crippen LogP) is 5.71. The molecular weight excluding hydrogens is 518 g/mol. The Balaban J connectivity index is 1.66. The Morgan fingerprint density at radius 2 is 1.13 bits per heavy atom. The van der Waals surface area contributed by atoms with Crippen LogP contribution in [0.4, 0.5) is 5.69 Å². The predicted molar refractivity (Wildman–Crippen MR) is 128 cm³/mol. The second kappa shape index (κ2) is 6.17. The molecule has 3 nitrogen and oxygen atoms in total. The first-order valence-corrected chi connectivity index (χ1v) is 11.9. The normalized spacial score (nSPS) is 30.3. The zero-order valence-corrected chi connectivity index (χ0v) is 20.2. The Kier molecular flexibility index (Phi) is 3.87. The first-order chi connectivity index (χ1) is 14.8. The minimum atomic E-state index is -0.750. The summed E-state index contributed by atoms with van der Waals surface area (Å²) in [7, 11) is 0. The van der Waals surface area contributed by atoms with Crippen molar-refractivity contribution in [3.8, 4) is 0 Å². The maximum Gasteiger partial charge on any atom is 0.239 e. The van der Waals surface area contributed by atoms with Crippen LogP contribution in [0.3, 0.4) is 0 Å². The molecule has 3 aromatic carbocycles. The van der Waals surface area contributed by atoms with Crippen LogP contribution in [-0.2, 0) is 18.2 Å². The number of benzene rings is 3. The number of carbonyl (C=O) groups is 2. The van der Waals surface area contributed by atoms with Gasteiger partial charge < -0.3 is 0 Å². The molecule has 3 aromatic rings. The van der Waals surface area contributed by atoms with Crippen molar-refractivity contribution in [2.75, 3.05) is 4.90 Å². The topological polar surface area (TPSA) is 37.4 Å². The fourth-order valence-electron chi connectivity index (χ4n) is 5.96. The summed E-state index contributed by atoms with van der Waals surface area (Å²) in [6.45, 7) is 3.97. The number of nitrogens with zero attached hydrogens (tertiary/aromatic N) is 1. The van der Waals surface area contributed by atoms with E-state index in [4.69, 9.17) is 0 Å². The largest absolute Gasteiger partial charge is 0.274 e. The number of hydrogen-bond donors (Lipinski definition) is 0. The summed E-state index contributed by atoms with van der Waals surface area (Å²) >= 11 is 8.08. The van der Waals surface area contributed by atoms with Gasteiger partial charge in [0.25, 0.3) is 0 Å². The highest BCUT2D eigenvalue weighted by atomic mass is 79.9. The highest BCUT2D eigenvalue weighted by Crippen LogP contribution is 2.70. The van der Waals surface area contributed by atoms with Crippen LogP contribution in [0.15, 0.2) is 66.7 Å². The summed E-state index contributed by atoms with van der Waals surface area (Å²) in [5.41, 5.74) is 6.91. The Hall–Kier alpha value is -2.24. The number of halogens is 2. The van der Waals surface area contributed by atoms with Gasteiger partial charge >= 0.3 is 0 Å².